The van der Waals surface area contributed by atoms with Crippen molar-refractivity contribution in [3.8, 4) is 0 Å². The first kappa shape index (κ1) is 20.8. The Morgan fingerprint density at radius 1 is 1.30 bits per heavy atom. The molecule has 2 amide bonds. The number of carbonyl (C=O) groups excluding carboxylic acids is 1. The average Bonchev–Trinajstić information content (AvgIpc) is 2.36. The lowest BCUT2D eigenvalue weighted by molar-refractivity contribution is 0.0434. The fourth-order valence-electron chi connectivity index (χ4n) is 1.46. The van der Waals surface area contributed by atoms with Crippen molar-refractivity contribution in [2.45, 2.75) is 46.5 Å². The minimum absolute atomic E-state index is 0.0447. The molecule has 0 aliphatic heterocycles. The maximum Gasteiger partial charge on any atom is 0.407 e. The predicted octanol–water partition coefficient (Wildman–Crippen LogP) is 1.93. The van der Waals surface area contributed by atoms with E-state index >= 15 is 0 Å². The lowest BCUT2D eigenvalue weighted by Crippen LogP contribution is -2.33. The quantitative estimate of drug-likeness (QED) is 0.509. The molecule has 0 aliphatic rings. The highest BCUT2D eigenvalue weighted by Crippen LogP contribution is 2.22. The van der Waals surface area contributed by atoms with Gasteiger partial charge in [0.2, 0.25) is 0 Å². The number of carbonyl (C=O) groups is 2. The van der Waals surface area contributed by atoms with Crippen molar-refractivity contribution in [3.63, 3.8) is 0 Å². The summed E-state index contributed by atoms with van der Waals surface area (Å²) in [6.07, 6.45) is 2.11. The number of unbranched alkanes of at least 4 members (excludes halogenated alkanes) is 1. The van der Waals surface area contributed by atoms with Gasteiger partial charge in [0.05, 0.1) is 6.61 Å². The Morgan fingerprint density at radius 3 is 2.25 bits per heavy atom. The van der Waals surface area contributed by atoms with Crippen molar-refractivity contribution in [2.75, 3.05) is 19.8 Å². The molecular formula is C13H28N2O5. The summed E-state index contributed by atoms with van der Waals surface area (Å²) in [6, 6.07) is 0. The molecule has 0 saturated carbocycles. The smallest absolute Gasteiger partial charge is 0.407 e. The van der Waals surface area contributed by atoms with Gasteiger partial charge in [-0.25, -0.2) is 9.59 Å². The van der Waals surface area contributed by atoms with E-state index in [0.29, 0.717) is 6.54 Å². The van der Waals surface area contributed by atoms with Crippen LogP contribution in [0.2, 0.25) is 0 Å². The molecule has 7 heteroatoms. The van der Waals surface area contributed by atoms with E-state index < -0.39 is 6.09 Å². The Hall–Kier alpha value is -1.50. The van der Waals surface area contributed by atoms with Gasteiger partial charge in [-0.05, 0) is 12.8 Å². The molecule has 7 nitrogen and oxygen atoms in total. The SMILES string of the molecule is CCCCNC(=O)OCC(C)(CO)CCC.NC(=O)O. The molecular weight excluding hydrogens is 264 g/mol. The van der Waals surface area contributed by atoms with E-state index in [0.717, 1.165) is 25.7 Å². The Balaban J connectivity index is 0. The second-order valence-electron chi connectivity index (χ2n) is 4.91. The first-order valence-electron chi connectivity index (χ1n) is 6.81. The summed E-state index contributed by atoms with van der Waals surface area (Å²) in [5.41, 5.74) is 3.72. The van der Waals surface area contributed by atoms with Gasteiger partial charge in [-0.15, -0.1) is 0 Å². The van der Waals surface area contributed by atoms with E-state index in [1.54, 1.807) is 0 Å². The molecule has 0 radical (unpaired) electrons. The summed E-state index contributed by atoms with van der Waals surface area (Å²) < 4.78 is 5.09. The van der Waals surface area contributed by atoms with Gasteiger partial charge in [0, 0.05) is 12.0 Å². The van der Waals surface area contributed by atoms with Gasteiger partial charge in [0.25, 0.3) is 0 Å². The maximum atomic E-state index is 11.3. The van der Waals surface area contributed by atoms with Crippen LogP contribution in [0.3, 0.4) is 0 Å². The van der Waals surface area contributed by atoms with Gasteiger partial charge in [0.15, 0.2) is 0 Å². The molecule has 0 saturated heterocycles. The third kappa shape index (κ3) is 14.6. The number of carboxylic acid groups (broad SMARTS) is 1. The van der Waals surface area contributed by atoms with E-state index in [-0.39, 0.29) is 24.7 Å². The number of primary amides is 1. The lowest BCUT2D eigenvalue weighted by Gasteiger charge is -2.26. The number of hydrogen-bond acceptors (Lipinski definition) is 4. The number of alkyl carbamates (subject to hydrolysis) is 1. The maximum absolute atomic E-state index is 11.3. The summed E-state index contributed by atoms with van der Waals surface area (Å²) in [5, 5.41) is 19.1. The van der Waals surface area contributed by atoms with Crippen LogP contribution in [0.25, 0.3) is 0 Å². The normalized spacial score (nSPS) is 12.6. The Morgan fingerprint density at radius 2 is 1.85 bits per heavy atom. The van der Waals surface area contributed by atoms with Gasteiger partial charge < -0.3 is 26.0 Å². The van der Waals surface area contributed by atoms with Crippen molar-refractivity contribution in [1.29, 1.82) is 0 Å². The Labute approximate surface area is 120 Å². The van der Waals surface area contributed by atoms with E-state index in [2.05, 4.69) is 24.9 Å². The fourth-order valence-corrected chi connectivity index (χ4v) is 1.46. The molecule has 1 atom stereocenters. The molecule has 0 bridgehead atoms. The molecule has 0 aromatic carbocycles. The summed E-state index contributed by atoms with van der Waals surface area (Å²) in [4.78, 5) is 20.0. The number of aliphatic hydroxyl groups is 1. The third-order valence-electron chi connectivity index (χ3n) is 2.59. The number of ether oxygens (including phenoxy) is 1. The predicted molar refractivity (Wildman–Crippen MR) is 76.6 cm³/mol. The van der Waals surface area contributed by atoms with Crippen LogP contribution in [0.5, 0.6) is 0 Å². The average molecular weight is 292 g/mol. The zero-order chi connectivity index (χ0) is 16.0. The van der Waals surface area contributed by atoms with Gasteiger partial charge in [-0.1, -0.05) is 33.6 Å². The van der Waals surface area contributed by atoms with E-state index in [9.17, 15) is 9.90 Å². The number of hydrogen-bond donors (Lipinski definition) is 4. The molecule has 0 rings (SSSR count). The zero-order valence-corrected chi connectivity index (χ0v) is 12.6. The molecule has 1 unspecified atom stereocenters. The highest BCUT2D eigenvalue weighted by molar-refractivity contribution is 5.67. The summed E-state index contributed by atoms with van der Waals surface area (Å²) in [5.74, 6) is 0. The number of aliphatic hydroxyl groups excluding tert-OH is 1. The minimum atomic E-state index is -1.33. The van der Waals surface area contributed by atoms with Crippen LogP contribution < -0.4 is 11.1 Å². The van der Waals surface area contributed by atoms with E-state index in [1.165, 1.54) is 0 Å². The van der Waals surface area contributed by atoms with Crippen molar-refractivity contribution in [1.82, 2.24) is 5.32 Å². The number of amides is 2. The summed E-state index contributed by atoms with van der Waals surface area (Å²) >= 11 is 0. The summed E-state index contributed by atoms with van der Waals surface area (Å²) in [7, 11) is 0. The van der Waals surface area contributed by atoms with Gasteiger partial charge in [-0.3, -0.25) is 0 Å². The second-order valence-corrected chi connectivity index (χ2v) is 4.91. The number of nitrogens with one attached hydrogen (secondary N) is 1. The van der Waals surface area contributed by atoms with Crippen molar-refractivity contribution < 1.29 is 24.5 Å². The lowest BCUT2D eigenvalue weighted by atomic mass is 9.88. The molecule has 0 aliphatic carbocycles. The molecule has 0 spiro atoms. The van der Waals surface area contributed by atoms with Gasteiger partial charge >= 0.3 is 12.2 Å². The van der Waals surface area contributed by atoms with Crippen LogP contribution in [0, 0.1) is 5.41 Å². The van der Waals surface area contributed by atoms with E-state index in [4.69, 9.17) is 14.6 Å². The highest BCUT2D eigenvalue weighted by atomic mass is 16.5. The molecule has 5 N–H and O–H groups in total. The van der Waals surface area contributed by atoms with Crippen LogP contribution in [0.4, 0.5) is 9.59 Å². The molecule has 0 fully saturated rings. The first-order chi connectivity index (χ1) is 9.31. The van der Waals surface area contributed by atoms with Crippen LogP contribution in [-0.2, 0) is 4.74 Å². The molecule has 0 aromatic rings. The summed E-state index contributed by atoms with van der Waals surface area (Å²) in [6.45, 7) is 7.01. The number of rotatable bonds is 8. The van der Waals surface area contributed by atoms with Crippen molar-refractivity contribution in [3.05, 3.63) is 0 Å². The zero-order valence-electron chi connectivity index (χ0n) is 12.6. The van der Waals surface area contributed by atoms with Crippen LogP contribution >= 0.6 is 0 Å². The van der Waals surface area contributed by atoms with Crippen LogP contribution in [-0.4, -0.2) is 42.2 Å². The highest BCUT2D eigenvalue weighted by Gasteiger charge is 2.24. The molecule has 0 aromatic heterocycles. The van der Waals surface area contributed by atoms with Crippen molar-refractivity contribution in [2.24, 2.45) is 11.1 Å². The monoisotopic (exact) mass is 292 g/mol. The third-order valence-corrected chi connectivity index (χ3v) is 2.59. The van der Waals surface area contributed by atoms with Gasteiger partial charge in [-0.2, -0.15) is 0 Å². The minimum Gasteiger partial charge on any atom is -0.465 e. The molecule has 20 heavy (non-hydrogen) atoms. The standard InChI is InChI=1S/C12H25NO3.CH3NO2/c1-4-6-8-13-11(15)16-10-12(3,9-14)7-5-2;2-1(3)4/h14H,4-10H2,1-3H3,(H,13,15);2H2,(H,3,4). The fraction of sp³-hybridized carbons (Fsp3) is 0.846. The van der Waals surface area contributed by atoms with E-state index in [1.807, 2.05) is 6.92 Å². The van der Waals surface area contributed by atoms with Crippen LogP contribution in [0.15, 0.2) is 0 Å². The van der Waals surface area contributed by atoms with Crippen molar-refractivity contribution >= 4 is 12.2 Å². The van der Waals surface area contributed by atoms with Gasteiger partial charge in [0.1, 0.15) is 6.61 Å². The Kier molecular flexibility index (Phi) is 13.0. The number of nitrogens with two attached hydrogens (primary N) is 1. The largest absolute Gasteiger partial charge is 0.465 e. The molecule has 120 valence electrons. The first-order valence-corrected chi connectivity index (χ1v) is 6.81. The topological polar surface area (TPSA) is 122 Å². The second kappa shape index (κ2) is 12.5. The Bertz CT molecular complexity index is 269. The van der Waals surface area contributed by atoms with Crippen LogP contribution in [0.1, 0.15) is 46.5 Å². The molecule has 0 heterocycles.